The molecule has 0 spiro atoms. The molecule has 0 aliphatic carbocycles. The summed E-state index contributed by atoms with van der Waals surface area (Å²) in [6.07, 6.45) is 2.63. The van der Waals surface area contributed by atoms with E-state index in [0.717, 1.165) is 22.1 Å². The third-order valence-electron chi connectivity index (χ3n) is 2.20. The molecule has 0 radical (unpaired) electrons. The summed E-state index contributed by atoms with van der Waals surface area (Å²) in [6.45, 7) is 2.68. The van der Waals surface area contributed by atoms with E-state index in [1.54, 1.807) is 12.3 Å². The van der Waals surface area contributed by atoms with Crippen LogP contribution in [0.1, 0.15) is 23.0 Å². The number of hydrogen-bond donors (Lipinski definition) is 1. The Bertz CT molecular complexity index is 569. The second-order valence-corrected chi connectivity index (χ2v) is 5.68. The van der Waals surface area contributed by atoms with Gasteiger partial charge in [0, 0.05) is 16.5 Å². The molecule has 0 aliphatic heterocycles. The quantitative estimate of drug-likeness (QED) is 0.878. The molecule has 0 aromatic carbocycles. The molecule has 6 heteroatoms. The number of carboxylic acid groups (broad SMARTS) is 1. The Hall–Kier alpha value is -1.53. The maximum absolute atomic E-state index is 10.8. The molecule has 0 aliphatic rings. The van der Waals surface area contributed by atoms with Gasteiger partial charge in [0.05, 0.1) is 6.61 Å². The average Bonchev–Trinajstić information content (AvgIpc) is 2.86. The van der Waals surface area contributed by atoms with E-state index in [2.05, 4.69) is 4.98 Å². The van der Waals surface area contributed by atoms with Gasteiger partial charge in [-0.25, -0.2) is 9.78 Å². The van der Waals surface area contributed by atoms with E-state index in [4.69, 9.17) is 9.84 Å². The Balaban J connectivity index is 2.15. The molecule has 2 aromatic heterocycles. The third-order valence-corrected chi connectivity index (χ3v) is 4.24. The number of pyridine rings is 1. The Morgan fingerprint density at radius 3 is 3.11 bits per heavy atom. The summed E-state index contributed by atoms with van der Waals surface area (Å²) in [5, 5.41) is 11.5. The molecule has 0 amide bonds. The van der Waals surface area contributed by atoms with Crippen LogP contribution in [0.5, 0.6) is 5.75 Å². The molecular formula is C13H13NO3S2. The van der Waals surface area contributed by atoms with Crippen molar-refractivity contribution in [3.05, 3.63) is 34.7 Å². The van der Waals surface area contributed by atoms with E-state index in [1.165, 1.54) is 23.1 Å². The van der Waals surface area contributed by atoms with Crippen molar-refractivity contribution in [2.75, 3.05) is 6.61 Å². The van der Waals surface area contributed by atoms with Crippen molar-refractivity contribution in [2.24, 2.45) is 0 Å². The monoisotopic (exact) mass is 295 g/mol. The fraction of sp³-hybridized carbons (Fsp3) is 0.231. The fourth-order valence-electron chi connectivity index (χ4n) is 1.37. The summed E-state index contributed by atoms with van der Waals surface area (Å²) in [5.41, 5.74) is 0. The van der Waals surface area contributed by atoms with Crippen molar-refractivity contribution >= 4 is 29.1 Å². The lowest BCUT2D eigenvalue weighted by Crippen LogP contribution is -1.97. The summed E-state index contributed by atoms with van der Waals surface area (Å²) >= 11 is 2.63. The van der Waals surface area contributed by atoms with Gasteiger partial charge < -0.3 is 9.84 Å². The van der Waals surface area contributed by atoms with Crippen molar-refractivity contribution in [3.8, 4) is 5.75 Å². The van der Waals surface area contributed by atoms with E-state index in [1.807, 2.05) is 24.4 Å². The highest BCUT2D eigenvalue weighted by Crippen LogP contribution is 2.35. The second kappa shape index (κ2) is 6.58. The highest BCUT2D eigenvalue weighted by atomic mass is 32.2. The topological polar surface area (TPSA) is 59.4 Å². The number of rotatable bonds is 6. The van der Waals surface area contributed by atoms with Crippen LogP contribution in [0.2, 0.25) is 0 Å². The summed E-state index contributed by atoms with van der Waals surface area (Å²) in [5.74, 6) is -0.169. The van der Waals surface area contributed by atoms with Crippen LogP contribution in [0, 0.1) is 0 Å². The van der Waals surface area contributed by atoms with Crippen molar-refractivity contribution in [2.45, 2.75) is 23.3 Å². The molecule has 0 unspecified atom stereocenters. The zero-order valence-corrected chi connectivity index (χ0v) is 12.0. The van der Waals surface area contributed by atoms with Crippen LogP contribution in [0.3, 0.4) is 0 Å². The van der Waals surface area contributed by atoms with Crippen molar-refractivity contribution in [1.29, 1.82) is 0 Å². The zero-order chi connectivity index (χ0) is 13.7. The number of aromatic nitrogens is 1. The number of nitrogens with zero attached hydrogens (tertiary/aromatic N) is 1. The highest BCUT2D eigenvalue weighted by molar-refractivity contribution is 7.99. The first-order chi connectivity index (χ1) is 9.20. The van der Waals surface area contributed by atoms with Gasteiger partial charge >= 0.3 is 5.97 Å². The lowest BCUT2D eigenvalue weighted by Gasteiger charge is -2.08. The van der Waals surface area contributed by atoms with Crippen LogP contribution in [0.15, 0.2) is 39.7 Å². The van der Waals surface area contributed by atoms with Crippen LogP contribution in [0.4, 0.5) is 0 Å². The smallest absolute Gasteiger partial charge is 0.345 e. The summed E-state index contributed by atoms with van der Waals surface area (Å²) in [7, 11) is 0. The first-order valence-electron chi connectivity index (χ1n) is 5.78. The van der Waals surface area contributed by atoms with E-state index in [0.29, 0.717) is 11.5 Å². The molecule has 1 N–H and O–H groups in total. The lowest BCUT2D eigenvalue weighted by atomic mass is 10.4. The average molecular weight is 295 g/mol. The van der Waals surface area contributed by atoms with Crippen molar-refractivity contribution in [3.63, 3.8) is 0 Å². The van der Waals surface area contributed by atoms with Crippen LogP contribution in [-0.4, -0.2) is 22.7 Å². The Morgan fingerprint density at radius 1 is 1.58 bits per heavy atom. The van der Waals surface area contributed by atoms with Gasteiger partial charge in [-0.15, -0.1) is 11.3 Å². The van der Waals surface area contributed by atoms with Crippen LogP contribution in [-0.2, 0) is 0 Å². The number of ether oxygens (including phenoxy) is 1. The van der Waals surface area contributed by atoms with Gasteiger partial charge in [-0.1, -0.05) is 18.7 Å². The minimum Gasteiger partial charge on any atom is -0.491 e. The normalized spacial score (nSPS) is 10.4. The summed E-state index contributed by atoms with van der Waals surface area (Å²) in [6, 6.07) is 5.34. The number of hydrogen-bond acceptors (Lipinski definition) is 5. The largest absolute Gasteiger partial charge is 0.491 e. The van der Waals surface area contributed by atoms with Crippen LogP contribution >= 0.6 is 23.1 Å². The molecule has 0 saturated heterocycles. The second-order valence-electron chi connectivity index (χ2n) is 3.71. The van der Waals surface area contributed by atoms with Gasteiger partial charge in [-0.05, 0) is 24.6 Å². The minimum atomic E-state index is -0.902. The van der Waals surface area contributed by atoms with E-state index >= 15 is 0 Å². The molecule has 4 nitrogen and oxygen atoms in total. The standard InChI is InChI=1S/C13H13NO3S2/c1-2-6-17-10-4-3-5-14-12(10)19-9-7-11(13(15)16)18-8-9/h3-5,7-8H,2,6H2,1H3,(H,15,16). The molecule has 100 valence electrons. The third kappa shape index (κ3) is 3.71. The molecule has 0 atom stereocenters. The fourth-order valence-corrected chi connectivity index (χ4v) is 3.13. The SMILES string of the molecule is CCCOc1cccnc1Sc1csc(C(=O)O)c1. The molecule has 0 bridgehead atoms. The van der Waals surface area contributed by atoms with Gasteiger partial charge in [0.25, 0.3) is 0 Å². The van der Waals surface area contributed by atoms with Crippen LogP contribution in [0.25, 0.3) is 0 Å². The van der Waals surface area contributed by atoms with E-state index in [-0.39, 0.29) is 0 Å². The lowest BCUT2D eigenvalue weighted by molar-refractivity contribution is 0.0702. The van der Waals surface area contributed by atoms with Crippen LogP contribution < -0.4 is 4.74 Å². The van der Waals surface area contributed by atoms with Gasteiger partial charge in [-0.3, -0.25) is 0 Å². The van der Waals surface area contributed by atoms with E-state index in [9.17, 15) is 4.79 Å². The molecular weight excluding hydrogens is 282 g/mol. The van der Waals surface area contributed by atoms with Gasteiger partial charge in [0.15, 0.2) is 5.75 Å². The molecule has 2 aromatic rings. The Kier molecular flexibility index (Phi) is 4.81. The molecule has 19 heavy (non-hydrogen) atoms. The summed E-state index contributed by atoms with van der Waals surface area (Å²) < 4.78 is 5.62. The molecule has 0 fully saturated rings. The number of carboxylic acids is 1. The van der Waals surface area contributed by atoms with Crippen molar-refractivity contribution in [1.82, 2.24) is 4.98 Å². The highest BCUT2D eigenvalue weighted by Gasteiger charge is 2.11. The Labute approximate surface area is 119 Å². The summed E-state index contributed by atoms with van der Waals surface area (Å²) in [4.78, 5) is 16.3. The minimum absolute atomic E-state index is 0.328. The molecule has 2 heterocycles. The first-order valence-corrected chi connectivity index (χ1v) is 7.48. The Morgan fingerprint density at radius 2 is 2.42 bits per heavy atom. The predicted molar refractivity (Wildman–Crippen MR) is 75.4 cm³/mol. The molecule has 0 saturated carbocycles. The van der Waals surface area contributed by atoms with E-state index < -0.39 is 5.97 Å². The molecule has 2 rings (SSSR count). The van der Waals surface area contributed by atoms with Crippen molar-refractivity contribution < 1.29 is 14.6 Å². The van der Waals surface area contributed by atoms with Gasteiger partial charge in [0.2, 0.25) is 0 Å². The number of carbonyl (C=O) groups is 1. The zero-order valence-electron chi connectivity index (χ0n) is 10.3. The maximum atomic E-state index is 10.8. The van der Waals surface area contributed by atoms with Gasteiger partial charge in [0.1, 0.15) is 9.90 Å². The number of aromatic carboxylic acids is 1. The predicted octanol–water partition coefficient (Wildman–Crippen LogP) is 3.78. The number of thiophene rings is 1. The first kappa shape index (κ1) is 13.9. The van der Waals surface area contributed by atoms with Gasteiger partial charge in [-0.2, -0.15) is 0 Å². The maximum Gasteiger partial charge on any atom is 0.345 e.